The van der Waals surface area contributed by atoms with E-state index in [2.05, 4.69) is 26.2 Å². The molecular weight excluding hydrogens is 199 g/mol. The van der Waals surface area contributed by atoms with Gasteiger partial charge in [0.1, 0.15) is 5.83 Å². The third kappa shape index (κ3) is 5.50. The molecule has 0 unspecified atom stereocenters. The molecule has 0 saturated heterocycles. The van der Waals surface area contributed by atoms with Crippen molar-refractivity contribution in [3.05, 3.63) is 60.0 Å². The number of rotatable bonds is 3. The molecule has 0 aromatic heterocycles. The van der Waals surface area contributed by atoms with Gasteiger partial charge in [0, 0.05) is 0 Å². The highest BCUT2D eigenvalue weighted by molar-refractivity contribution is 5.43. The summed E-state index contributed by atoms with van der Waals surface area (Å²) in [6.45, 7) is 13.1. The van der Waals surface area contributed by atoms with Crippen LogP contribution in [0, 0.1) is 0 Å². The molecular formula is C15H21F. The summed E-state index contributed by atoms with van der Waals surface area (Å²) < 4.78 is 12.3. The van der Waals surface area contributed by atoms with Crippen LogP contribution < -0.4 is 0 Å². The molecule has 1 rings (SSSR count). The highest BCUT2D eigenvalue weighted by Crippen LogP contribution is 2.23. The minimum absolute atomic E-state index is 0.436. The first kappa shape index (κ1) is 14.6. The fourth-order valence-corrected chi connectivity index (χ4v) is 1.31. The van der Waals surface area contributed by atoms with Gasteiger partial charge in [0.25, 0.3) is 0 Å². The van der Waals surface area contributed by atoms with Crippen molar-refractivity contribution >= 4 is 0 Å². The standard InChI is InChI=1S/C13H15F.C2H6/c1-10-4-8-13(9-5-10)11(2)6-7-12(3)14;1-2/h4,6-8H,2-3,5,9H2,1H3;1-2H3/b7-6-;. The van der Waals surface area contributed by atoms with Gasteiger partial charge in [-0.15, -0.1) is 0 Å². The number of allylic oxidation sites excluding steroid dienone is 8. The molecule has 0 nitrogen and oxygen atoms in total. The molecule has 1 aliphatic carbocycles. The van der Waals surface area contributed by atoms with E-state index in [9.17, 15) is 4.39 Å². The van der Waals surface area contributed by atoms with Crippen molar-refractivity contribution in [2.24, 2.45) is 0 Å². The average molecular weight is 220 g/mol. The van der Waals surface area contributed by atoms with E-state index in [4.69, 9.17) is 0 Å². The summed E-state index contributed by atoms with van der Waals surface area (Å²) in [6, 6.07) is 0. The first-order valence-electron chi connectivity index (χ1n) is 5.67. The van der Waals surface area contributed by atoms with E-state index in [1.165, 1.54) is 17.2 Å². The molecule has 16 heavy (non-hydrogen) atoms. The van der Waals surface area contributed by atoms with Crippen LogP contribution in [0.2, 0.25) is 0 Å². The van der Waals surface area contributed by atoms with Crippen molar-refractivity contribution in [3.63, 3.8) is 0 Å². The molecule has 1 aliphatic rings. The highest BCUT2D eigenvalue weighted by atomic mass is 19.1. The predicted octanol–water partition coefficient (Wildman–Crippen LogP) is 5.27. The lowest BCUT2D eigenvalue weighted by Gasteiger charge is -2.11. The Hall–Kier alpha value is -1.37. The Kier molecular flexibility index (Phi) is 7.19. The molecule has 1 heteroatoms. The molecule has 88 valence electrons. The predicted molar refractivity (Wildman–Crippen MR) is 71.0 cm³/mol. The summed E-state index contributed by atoms with van der Waals surface area (Å²) in [7, 11) is 0. The molecule has 0 radical (unpaired) electrons. The van der Waals surface area contributed by atoms with E-state index >= 15 is 0 Å². The molecule has 0 saturated carbocycles. The third-order valence-electron chi connectivity index (χ3n) is 2.24. The monoisotopic (exact) mass is 220 g/mol. The number of hydrogen-bond donors (Lipinski definition) is 0. The molecule has 0 bridgehead atoms. The van der Waals surface area contributed by atoms with Crippen LogP contribution in [0.15, 0.2) is 60.0 Å². The van der Waals surface area contributed by atoms with Gasteiger partial charge in [-0.05, 0) is 37.0 Å². The van der Waals surface area contributed by atoms with Crippen molar-refractivity contribution in [2.75, 3.05) is 0 Å². The Morgan fingerprint density at radius 1 is 1.19 bits per heavy atom. The normalized spacial score (nSPS) is 14.8. The lowest BCUT2D eigenvalue weighted by atomic mass is 9.94. The summed E-state index contributed by atoms with van der Waals surface area (Å²) >= 11 is 0. The fraction of sp³-hybridized carbons (Fsp3) is 0.333. The zero-order chi connectivity index (χ0) is 12.6. The first-order valence-corrected chi connectivity index (χ1v) is 5.67. The summed E-state index contributed by atoms with van der Waals surface area (Å²) in [6.07, 6.45) is 9.20. The average Bonchev–Trinajstić information content (AvgIpc) is 2.29. The van der Waals surface area contributed by atoms with Crippen LogP contribution >= 0.6 is 0 Å². The second kappa shape index (κ2) is 7.86. The zero-order valence-electron chi connectivity index (χ0n) is 10.5. The van der Waals surface area contributed by atoms with Gasteiger partial charge < -0.3 is 0 Å². The van der Waals surface area contributed by atoms with E-state index in [1.54, 1.807) is 6.08 Å². The summed E-state index contributed by atoms with van der Waals surface area (Å²) in [5.41, 5.74) is 3.42. The molecule has 0 heterocycles. The maximum Gasteiger partial charge on any atom is 0.116 e. The van der Waals surface area contributed by atoms with Crippen molar-refractivity contribution in [1.82, 2.24) is 0 Å². The summed E-state index contributed by atoms with van der Waals surface area (Å²) in [4.78, 5) is 0. The van der Waals surface area contributed by atoms with E-state index in [0.29, 0.717) is 0 Å². The largest absolute Gasteiger partial charge is 0.208 e. The van der Waals surface area contributed by atoms with Gasteiger partial charge in [0.05, 0.1) is 0 Å². The molecule has 0 amide bonds. The van der Waals surface area contributed by atoms with Crippen molar-refractivity contribution in [3.8, 4) is 0 Å². The van der Waals surface area contributed by atoms with Crippen LogP contribution in [0.25, 0.3) is 0 Å². The van der Waals surface area contributed by atoms with Gasteiger partial charge >= 0.3 is 0 Å². The minimum atomic E-state index is -0.436. The lowest BCUT2D eigenvalue weighted by molar-refractivity contribution is 0.671. The quantitative estimate of drug-likeness (QED) is 0.568. The van der Waals surface area contributed by atoms with Crippen LogP contribution in [0.3, 0.4) is 0 Å². The Morgan fingerprint density at radius 3 is 2.25 bits per heavy atom. The van der Waals surface area contributed by atoms with E-state index in [0.717, 1.165) is 18.4 Å². The minimum Gasteiger partial charge on any atom is -0.208 e. The van der Waals surface area contributed by atoms with Crippen LogP contribution in [-0.2, 0) is 0 Å². The van der Waals surface area contributed by atoms with Gasteiger partial charge in [-0.1, -0.05) is 50.8 Å². The van der Waals surface area contributed by atoms with E-state index in [1.807, 2.05) is 19.9 Å². The smallest absolute Gasteiger partial charge is 0.116 e. The molecule has 0 fully saturated rings. The third-order valence-corrected chi connectivity index (χ3v) is 2.24. The molecule has 0 aromatic carbocycles. The second-order valence-electron chi connectivity index (χ2n) is 3.51. The Bertz CT molecular complexity index is 340. The van der Waals surface area contributed by atoms with Gasteiger partial charge in [-0.25, -0.2) is 4.39 Å². The number of halogens is 1. The Balaban J connectivity index is 0.00000106. The van der Waals surface area contributed by atoms with Crippen molar-refractivity contribution in [1.29, 1.82) is 0 Å². The topological polar surface area (TPSA) is 0 Å². The van der Waals surface area contributed by atoms with Gasteiger partial charge in [0.2, 0.25) is 0 Å². The van der Waals surface area contributed by atoms with E-state index < -0.39 is 5.83 Å². The SMILES string of the molecule is C=C(F)/C=C\C(=C)C1=CC=C(C)CC1.CC. The van der Waals surface area contributed by atoms with Crippen LogP contribution in [0.5, 0.6) is 0 Å². The van der Waals surface area contributed by atoms with Crippen LogP contribution in [-0.4, -0.2) is 0 Å². The molecule has 0 aliphatic heterocycles. The maximum atomic E-state index is 12.3. The van der Waals surface area contributed by atoms with Crippen LogP contribution in [0.1, 0.15) is 33.6 Å². The maximum absolute atomic E-state index is 12.3. The Labute approximate surface area is 98.6 Å². The van der Waals surface area contributed by atoms with Gasteiger partial charge in [-0.2, -0.15) is 0 Å². The Morgan fingerprint density at radius 2 is 1.81 bits per heavy atom. The number of hydrogen-bond acceptors (Lipinski definition) is 0. The zero-order valence-corrected chi connectivity index (χ0v) is 10.5. The lowest BCUT2D eigenvalue weighted by Crippen LogP contribution is -1.92. The molecule has 0 spiro atoms. The van der Waals surface area contributed by atoms with Gasteiger partial charge in [-0.3, -0.25) is 0 Å². The van der Waals surface area contributed by atoms with Gasteiger partial charge in [0.15, 0.2) is 0 Å². The summed E-state index contributed by atoms with van der Waals surface area (Å²) in [5.74, 6) is -0.436. The summed E-state index contributed by atoms with van der Waals surface area (Å²) in [5, 5.41) is 0. The van der Waals surface area contributed by atoms with Crippen LogP contribution in [0.4, 0.5) is 4.39 Å². The molecule has 0 aromatic rings. The fourth-order valence-electron chi connectivity index (χ4n) is 1.31. The first-order chi connectivity index (χ1) is 7.59. The molecule has 0 N–H and O–H groups in total. The van der Waals surface area contributed by atoms with Crippen molar-refractivity contribution in [2.45, 2.75) is 33.6 Å². The van der Waals surface area contributed by atoms with E-state index in [-0.39, 0.29) is 0 Å². The van der Waals surface area contributed by atoms with Crippen molar-refractivity contribution < 1.29 is 4.39 Å². The second-order valence-corrected chi connectivity index (χ2v) is 3.51. The highest BCUT2D eigenvalue weighted by Gasteiger charge is 2.04. The molecule has 0 atom stereocenters.